The zero-order chi connectivity index (χ0) is 27.0. The third-order valence-electron chi connectivity index (χ3n) is 8.30. The van der Waals surface area contributed by atoms with Crippen molar-refractivity contribution in [3.8, 4) is 5.88 Å². The SMILES string of the molecule is COc1cc([C@@H]2C[C@H](c3nc(C45CC(C(F)(F)F)(C4)C5)c4nc(C(F)F)n(C)c(=O)c4n3)CCO2)ccn1. The molecule has 0 unspecified atom stereocenters. The number of hydrogen-bond donors (Lipinski definition) is 0. The summed E-state index contributed by atoms with van der Waals surface area (Å²) in [7, 11) is 2.68. The van der Waals surface area contributed by atoms with Crippen LogP contribution in [0.15, 0.2) is 23.1 Å². The Kier molecular flexibility index (Phi) is 5.54. The van der Waals surface area contributed by atoms with Crippen molar-refractivity contribution in [3.05, 3.63) is 51.6 Å². The molecule has 4 heterocycles. The zero-order valence-corrected chi connectivity index (χ0v) is 20.6. The van der Waals surface area contributed by atoms with Crippen LogP contribution >= 0.6 is 0 Å². The van der Waals surface area contributed by atoms with E-state index in [9.17, 15) is 26.7 Å². The van der Waals surface area contributed by atoms with Gasteiger partial charge in [-0.25, -0.2) is 28.7 Å². The minimum Gasteiger partial charge on any atom is -0.481 e. The van der Waals surface area contributed by atoms with E-state index < -0.39 is 34.8 Å². The normalized spacial score (nSPS) is 28.7. The number of hydrogen-bond acceptors (Lipinski definition) is 7. The minimum atomic E-state index is -4.36. The molecule has 3 aliphatic carbocycles. The van der Waals surface area contributed by atoms with E-state index in [2.05, 4.69) is 19.9 Å². The number of alkyl halides is 5. The van der Waals surface area contributed by atoms with Gasteiger partial charge in [0.05, 0.1) is 24.3 Å². The summed E-state index contributed by atoms with van der Waals surface area (Å²) in [5.74, 6) is -0.338. The second kappa shape index (κ2) is 8.39. The van der Waals surface area contributed by atoms with Crippen molar-refractivity contribution in [2.24, 2.45) is 12.5 Å². The first-order valence-electron chi connectivity index (χ1n) is 12.2. The number of nitrogens with zero attached hydrogens (tertiary/aromatic N) is 5. The highest BCUT2D eigenvalue weighted by Gasteiger charge is 2.79. The molecule has 13 heteroatoms. The molecular formula is C25H24F5N5O3. The summed E-state index contributed by atoms with van der Waals surface area (Å²) in [6.07, 6.45) is -5.81. The van der Waals surface area contributed by atoms with Crippen LogP contribution in [-0.2, 0) is 17.2 Å². The number of aromatic nitrogens is 5. The van der Waals surface area contributed by atoms with Crippen LogP contribution in [0.1, 0.15) is 73.5 Å². The van der Waals surface area contributed by atoms with Crippen LogP contribution in [0.3, 0.4) is 0 Å². The summed E-state index contributed by atoms with van der Waals surface area (Å²) in [5.41, 5.74) is -2.84. The van der Waals surface area contributed by atoms with Gasteiger partial charge in [0.2, 0.25) is 5.88 Å². The summed E-state index contributed by atoms with van der Waals surface area (Å²) in [4.78, 5) is 30.4. The van der Waals surface area contributed by atoms with Gasteiger partial charge in [0.15, 0.2) is 11.3 Å². The fourth-order valence-corrected chi connectivity index (χ4v) is 6.27. The molecule has 38 heavy (non-hydrogen) atoms. The number of fused-ring (bicyclic) bond motifs is 1. The van der Waals surface area contributed by atoms with Gasteiger partial charge in [-0.3, -0.25) is 9.36 Å². The van der Waals surface area contributed by atoms with Crippen LogP contribution in [0.2, 0.25) is 0 Å². The molecule has 202 valence electrons. The van der Waals surface area contributed by atoms with Crippen molar-refractivity contribution in [1.82, 2.24) is 24.5 Å². The van der Waals surface area contributed by atoms with Crippen molar-refractivity contribution < 1.29 is 31.4 Å². The molecule has 3 aromatic rings. The van der Waals surface area contributed by atoms with E-state index in [1.807, 2.05) is 0 Å². The molecule has 0 amide bonds. The first-order chi connectivity index (χ1) is 18.0. The van der Waals surface area contributed by atoms with Crippen LogP contribution in [0.4, 0.5) is 22.0 Å². The van der Waals surface area contributed by atoms with Crippen molar-refractivity contribution in [2.45, 2.75) is 62.1 Å². The highest BCUT2D eigenvalue weighted by molar-refractivity contribution is 5.78. The van der Waals surface area contributed by atoms with E-state index >= 15 is 0 Å². The topological polar surface area (TPSA) is 92.0 Å². The fourth-order valence-electron chi connectivity index (χ4n) is 6.27. The van der Waals surface area contributed by atoms with Gasteiger partial charge in [-0.1, -0.05) is 0 Å². The van der Waals surface area contributed by atoms with Crippen molar-refractivity contribution in [2.75, 3.05) is 13.7 Å². The Balaban J connectivity index is 1.44. The Bertz CT molecular complexity index is 1470. The van der Waals surface area contributed by atoms with E-state index in [0.29, 0.717) is 25.3 Å². The summed E-state index contributed by atoms with van der Waals surface area (Å²) in [6.45, 7) is 0.361. The maximum absolute atomic E-state index is 13.7. The van der Waals surface area contributed by atoms with E-state index in [0.717, 1.165) is 10.1 Å². The van der Waals surface area contributed by atoms with E-state index in [4.69, 9.17) is 9.47 Å². The second-order valence-electron chi connectivity index (χ2n) is 10.6. The number of pyridine rings is 1. The van der Waals surface area contributed by atoms with Crippen LogP contribution < -0.4 is 10.3 Å². The van der Waals surface area contributed by atoms with Crippen molar-refractivity contribution in [1.29, 1.82) is 0 Å². The molecular weight excluding hydrogens is 513 g/mol. The van der Waals surface area contributed by atoms with Gasteiger partial charge in [-0.2, -0.15) is 13.2 Å². The Morgan fingerprint density at radius 2 is 1.89 bits per heavy atom. The molecule has 2 bridgehead atoms. The van der Waals surface area contributed by atoms with E-state index in [1.54, 1.807) is 18.3 Å². The molecule has 1 saturated heterocycles. The average molecular weight is 537 g/mol. The summed E-state index contributed by atoms with van der Waals surface area (Å²) in [5, 5.41) is 0. The molecule has 8 nitrogen and oxygen atoms in total. The molecule has 0 radical (unpaired) electrons. The second-order valence-corrected chi connectivity index (χ2v) is 10.6. The van der Waals surface area contributed by atoms with Gasteiger partial charge in [-0.05, 0) is 43.7 Å². The molecule has 7 rings (SSSR count). The quantitative estimate of drug-likeness (QED) is 0.437. The van der Waals surface area contributed by atoms with Gasteiger partial charge in [0.25, 0.3) is 12.0 Å². The van der Waals surface area contributed by atoms with Crippen LogP contribution in [0.5, 0.6) is 5.88 Å². The summed E-state index contributed by atoms with van der Waals surface area (Å²) >= 11 is 0. The highest BCUT2D eigenvalue weighted by atomic mass is 19.4. The molecule has 0 aromatic carbocycles. The highest BCUT2D eigenvalue weighted by Crippen LogP contribution is 2.78. The Morgan fingerprint density at radius 1 is 1.16 bits per heavy atom. The smallest absolute Gasteiger partial charge is 0.394 e. The molecule has 3 aromatic heterocycles. The van der Waals surface area contributed by atoms with Crippen molar-refractivity contribution >= 4 is 11.0 Å². The Hall–Kier alpha value is -3.22. The Morgan fingerprint density at radius 3 is 2.55 bits per heavy atom. The lowest BCUT2D eigenvalue weighted by atomic mass is 9.34. The molecule has 4 aliphatic rings. The van der Waals surface area contributed by atoms with Gasteiger partial charge < -0.3 is 9.47 Å². The first-order valence-corrected chi connectivity index (χ1v) is 12.2. The third-order valence-corrected chi connectivity index (χ3v) is 8.30. The van der Waals surface area contributed by atoms with Crippen molar-refractivity contribution in [3.63, 3.8) is 0 Å². The molecule has 4 fully saturated rings. The first kappa shape index (κ1) is 25.1. The van der Waals surface area contributed by atoms with Gasteiger partial charge >= 0.3 is 6.18 Å². The number of rotatable bonds is 5. The largest absolute Gasteiger partial charge is 0.481 e. The number of ether oxygens (including phenoxy) is 2. The minimum absolute atomic E-state index is 0.134. The van der Waals surface area contributed by atoms with Gasteiger partial charge in [-0.15, -0.1) is 0 Å². The summed E-state index contributed by atoms with van der Waals surface area (Å²) in [6, 6.07) is 3.55. The lowest BCUT2D eigenvalue weighted by molar-refractivity contribution is -0.337. The standard InChI is InChI=1S/C25H24F5N5O3/c1-35-21(19(26)27)33-16-17(22(35)36)32-20(34-18(16)23-9-24(10-23,11-23)25(28,29)30)13-4-6-38-14(7-13)12-3-5-31-15(8-12)37-2/h3,5,8,13-14,19H,4,6-7,9-11H2,1-2H3/t13-,14+,23?,24?/m1/s1. The monoisotopic (exact) mass is 537 g/mol. The maximum Gasteiger partial charge on any atom is 0.394 e. The Labute approximate surface area is 213 Å². The van der Waals surface area contributed by atoms with Crippen LogP contribution in [0, 0.1) is 5.41 Å². The predicted molar refractivity (Wildman–Crippen MR) is 123 cm³/mol. The molecule has 0 N–H and O–H groups in total. The van der Waals surface area contributed by atoms with E-state index in [-0.39, 0.29) is 53.8 Å². The van der Waals surface area contributed by atoms with E-state index in [1.165, 1.54) is 14.2 Å². The van der Waals surface area contributed by atoms with Crippen LogP contribution in [0.25, 0.3) is 11.0 Å². The number of methoxy groups -OCH3 is 1. The lowest BCUT2D eigenvalue weighted by Gasteiger charge is -2.70. The van der Waals surface area contributed by atoms with Crippen LogP contribution in [-0.4, -0.2) is 44.4 Å². The lowest BCUT2D eigenvalue weighted by Crippen LogP contribution is -2.70. The molecule has 2 atom stereocenters. The average Bonchev–Trinajstić information content (AvgIpc) is 2.83. The molecule has 0 spiro atoms. The molecule has 1 aliphatic heterocycles. The van der Waals surface area contributed by atoms with Gasteiger partial charge in [0, 0.05) is 37.3 Å². The molecule has 3 saturated carbocycles. The van der Waals surface area contributed by atoms with Gasteiger partial charge in [0.1, 0.15) is 11.3 Å². The number of halogens is 5. The third kappa shape index (κ3) is 3.61. The fraction of sp³-hybridized carbons (Fsp3) is 0.560. The maximum atomic E-state index is 13.7. The summed E-state index contributed by atoms with van der Waals surface area (Å²) < 4.78 is 80.1. The predicted octanol–water partition coefficient (Wildman–Crippen LogP) is 4.68. The zero-order valence-electron chi connectivity index (χ0n) is 20.6.